The molecule has 1 saturated carbocycles. The first kappa shape index (κ1) is 21.3. The van der Waals surface area contributed by atoms with Gasteiger partial charge in [-0.1, -0.05) is 18.9 Å². The maximum atomic E-state index is 13.9. The van der Waals surface area contributed by atoms with Crippen molar-refractivity contribution in [3.05, 3.63) is 35.5 Å². The van der Waals surface area contributed by atoms with Gasteiger partial charge >= 0.3 is 6.18 Å². The predicted octanol–water partition coefficient (Wildman–Crippen LogP) is 4.23. The normalized spacial score (nSPS) is 21.3. The Morgan fingerprint density at radius 2 is 1.90 bits per heavy atom. The maximum Gasteiger partial charge on any atom is 0.410 e. The summed E-state index contributed by atoms with van der Waals surface area (Å²) in [5.41, 5.74) is 0.716. The average Bonchev–Trinajstić information content (AvgIpc) is 3.41. The lowest BCUT2D eigenvalue weighted by Crippen LogP contribution is -2.37. The van der Waals surface area contributed by atoms with E-state index in [2.05, 4.69) is 15.7 Å². The Labute approximate surface area is 177 Å². The number of rotatable bonds is 5. The van der Waals surface area contributed by atoms with E-state index in [-0.39, 0.29) is 23.8 Å². The third-order valence-corrected chi connectivity index (χ3v) is 5.98. The SMILES string of the molecule is COc1ccc([C@H]2C[C@H](C(F)(F)F)n3ncc(C(=O)NC4CCCC4)c3N2)cc1OC. The number of aromatic nitrogens is 2. The third kappa shape index (κ3) is 4.15. The van der Waals surface area contributed by atoms with Crippen molar-refractivity contribution >= 4 is 11.7 Å². The number of nitrogens with zero attached hydrogens (tertiary/aromatic N) is 2. The Morgan fingerprint density at radius 1 is 1.19 bits per heavy atom. The Balaban J connectivity index is 1.68. The van der Waals surface area contributed by atoms with Gasteiger partial charge < -0.3 is 20.1 Å². The fourth-order valence-corrected chi connectivity index (χ4v) is 4.35. The van der Waals surface area contributed by atoms with Gasteiger partial charge in [0.1, 0.15) is 11.4 Å². The molecule has 2 heterocycles. The molecule has 0 unspecified atom stereocenters. The first-order valence-electron chi connectivity index (χ1n) is 10.3. The van der Waals surface area contributed by atoms with Gasteiger partial charge in [-0.2, -0.15) is 18.3 Å². The molecular formula is C21H25F3N4O3. The number of nitrogens with one attached hydrogen (secondary N) is 2. The molecule has 2 aliphatic rings. The first-order valence-corrected chi connectivity index (χ1v) is 10.3. The second-order valence-electron chi connectivity index (χ2n) is 7.91. The number of amides is 1. The van der Waals surface area contributed by atoms with E-state index in [4.69, 9.17) is 9.47 Å². The smallest absolute Gasteiger partial charge is 0.410 e. The monoisotopic (exact) mass is 438 g/mol. The molecule has 7 nitrogen and oxygen atoms in total. The molecule has 0 radical (unpaired) electrons. The molecule has 0 spiro atoms. The van der Waals surface area contributed by atoms with Crippen LogP contribution in [0.4, 0.5) is 19.0 Å². The molecule has 2 N–H and O–H groups in total. The highest BCUT2D eigenvalue weighted by Crippen LogP contribution is 2.45. The lowest BCUT2D eigenvalue weighted by Gasteiger charge is -2.34. The Kier molecular flexibility index (Phi) is 5.72. The van der Waals surface area contributed by atoms with Crippen LogP contribution < -0.4 is 20.1 Å². The second-order valence-corrected chi connectivity index (χ2v) is 7.91. The number of fused-ring (bicyclic) bond motifs is 1. The minimum absolute atomic E-state index is 0.0479. The topological polar surface area (TPSA) is 77.4 Å². The highest BCUT2D eigenvalue weighted by atomic mass is 19.4. The predicted molar refractivity (Wildman–Crippen MR) is 108 cm³/mol. The standard InChI is InChI=1S/C21H25F3N4O3/c1-30-16-8-7-12(9-17(16)31-2)15-10-18(21(22,23)24)28-19(27-15)14(11-25-28)20(29)26-13-5-3-4-6-13/h7-9,11,13,15,18,27H,3-6,10H2,1-2H3,(H,26,29)/t15-,18-/m1/s1. The molecule has 4 rings (SSSR count). The second kappa shape index (κ2) is 8.32. The van der Waals surface area contributed by atoms with E-state index in [0.717, 1.165) is 30.4 Å². The number of ether oxygens (including phenoxy) is 2. The van der Waals surface area contributed by atoms with E-state index in [9.17, 15) is 18.0 Å². The molecule has 2 aromatic rings. The summed E-state index contributed by atoms with van der Waals surface area (Å²) in [5, 5.41) is 9.94. The van der Waals surface area contributed by atoms with Crippen molar-refractivity contribution in [2.75, 3.05) is 19.5 Å². The molecule has 0 bridgehead atoms. The van der Waals surface area contributed by atoms with Crippen molar-refractivity contribution in [1.29, 1.82) is 0 Å². The minimum atomic E-state index is -4.52. The first-order chi connectivity index (χ1) is 14.8. The van der Waals surface area contributed by atoms with Crippen molar-refractivity contribution in [2.45, 2.75) is 56.4 Å². The van der Waals surface area contributed by atoms with Crippen LogP contribution >= 0.6 is 0 Å². The molecule has 10 heteroatoms. The van der Waals surface area contributed by atoms with E-state index in [1.807, 2.05) is 0 Å². The number of hydrogen-bond donors (Lipinski definition) is 2. The van der Waals surface area contributed by atoms with Crippen LogP contribution in [0.15, 0.2) is 24.4 Å². The molecule has 1 fully saturated rings. The quantitative estimate of drug-likeness (QED) is 0.731. The summed E-state index contributed by atoms with van der Waals surface area (Å²) in [6, 6.07) is 2.50. The maximum absolute atomic E-state index is 13.9. The lowest BCUT2D eigenvalue weighted by atomic mass is 9.96. The number of halogens is 3. The Bertz CT molecular complexity index is 954. The van der Waals surface area contributed by atoms with Crippen LogP contribution in [0, 0.1) is 0 Å². The van der Waals surface area contributed by atoms with Crippen molar-refractivity contribution in [3.63, 3.8) is 0 Å². The summed E-state index contributed by atoms with van der Waals surface area (Å²) >= 11 is 0. The Hall–Kier alpha value is -2.91. The van der Waals surface area contributed by atoms with Gasteiger partial charge in [0, 0.05) is 12.5 Å². The van der Waals surface area contributed by atoms with Gasteiger partial charge in [-0.3, -0.25) is 4.79 Å². The van der Waals surface area contributed by atoms with E-state index in [0.29, 0.717) is 17.1 Å². The van der Waals surface area contributed by atoms with Gasteiger partial charge in [-0.05, 0) is 30.5 Å². The van der Waals surface area contributed by atoms with E-state index in [1.54, 1.807) is 18.2 Å². The van der Waals surface area contributed by atoms with Crippen molar-refractivity contribution in [2.24, 2.45) is 0 Å². The highest BCUT2D eigenvalue weighted by Gasteiger charge is 2.47. The number of hydrogen-bond acceptors (Lipinski definition) is 5. The van der Waals surface area contributed by atoms with Crippen LogP contribution in [0.1, 0.15) is 60.1 Å². The summed E-state index contributed by atoms with van der Waals surface area (Å²) in [6.45, 7) is 0. The van der Waals surface area contributed by atoms with Gasteiger partial charge in [0.15, 0.2) is 17.5 Å². The number of carbonyl (C=O) groups excluding carboxylic acids is 1. The van der Waals surface area contributed by atoms with Crippen LogP contribution in [-0.2, 0) is 0 Å². The summed E-state index contributed by atoms with van der Waals surface area (Å²) in [4.78, 5) is 12.8. The van der Waals surface area contributed by atoms with Gasteiger partial charge in [0.2, 0.25) is 0 Å². The van der Waals surface area contributed by atoms with Crippen LogP contribution in [0.3, 0.4) is 0 Å². The average molecular weight is 438 g/mol. The molecule has 31 heavy (non-hydrogen) atoms. The molecular weight excluding hydrogens is 413 g/mol. The molecule has 1 amide bonds. The lowest BCUT2D eigenvalue weighted by molar-refractivity contribution is -0.173. The molecule has 2 atom stereocenters. The van der Waals surface area contributed by atoms with Gasteiger partial charge in [-0.25, -0.2) is 4.68 Å². The van der Waals surface area contributed by atoms with Crippen LogP contribution in [0.5, 0.6) is 11.5 Å². The molecule has 1 aromatic carbocycles. The van der Waals surface area contributed by atoms with E-state index >= 15 is 0 Å². The zero-order valence-electron chi connectivity index (χ0n) is 17.3. The number of carbonyl (C=O) groups is 1. The molecule has 1 aliphatic heterocycles. The van der Waals surface area contributed by atoms with Crippen LogP contribution in [-0.4, -0.2) is 42.1 Å². The van der Waals surface area contributed by atoms with Crippen molar-refractivity contribution in [1.82, 2.24) is 15.1 Å². The van der Waals surface area contributed by atoms with Gasteiger partial charge in [0.25, 0.3) is 5.91 Å². The summed E-state index contributed by atoms with van der Waals surface area (Å²) < 4.78 is 53.0. The number of alkyl halides is 3. The van der Waals surface area contributed by atoms with Crippen LogP contribution in [0.2, 0.25) is 0 Å². The summed E-state index contributed by atoms with van der Waals surface area (Å²) in [6.07, 6.45) is 0.250. The van der Waals surface area contributed by atoms with Crippen molar-refractivity contribution < 1.29 is 27.4 Å². The largest absolute Gasteiger partial charge is 0.493 e. The fraction of sp³-hybridized carbons (Fsp3) is 0.524. The summed E-state index contributed by atoms with van der Waals surface area (Å²) in [5.74, 6) is 0.568. The Morgan fingerprint density at radius 3 is 2.55 bits per heavy atom. The fourth-order valence-electron chi connectivity index (χ4n) is 4.35. The van der Waals surface area contributed by atoms with Crippen LogP contribution in [0.25, 0.3) is 0 Å². The zero-order chi connectivity index (χ0) is 22.2. The number of benzene rings is 1. The van der Waals surface area contributed by atoms with Crippen molar-refractivity contribution in [3.8, 4) is 11.5 Å². The van der Waals surface area contributed by atoms with E-state index < -0.39 is 24.2 Å². The zero-order valence-corrected chi connectivity index (χ0v) is 17.3. The highest BCUT2D eigenvalue weighted by molar-refractivity contribution is 5.99. The van der Waals surface area contributed by atoms with Gasteiger partial charge in [0.05, 0.1) is 26.5 Å². The number of methoxy groups -OCH3 is 2. The summed E-state index contributed by atoms with van der Waals surface area (Å²) in [7, 11) is 2.96. The molecule has 1 aromatic heterocycles. The minimum Gasteiger partial charge on any atom is -0.493 e. The van der Waals surface area contributed by atoms with E-state index in [1.165, 1.54) is 20.4 Å². The number of anilines is 1. The third-order valence-electron chi connectivity index (χ3n) is 5.98. The molecule has 168 valence electrons. The molecule has 0 saturated heterocycles. The van der Waals surface area contributed by atoms with Gasteiger partial charge in [-0.15, -0.1) is 0 Å². The molecule has 1 aliphatic carbocycles.